The molecular formula is C21H27IN6. The van der Waals surface area contributed by atoms with Gasteiger partial charge in [-0.2, -0.15) is 5.10 Å². The summed E-state index contributed by atoms with van der Waals surface area (Å²) in [5.74, 6) is 0.770. The Morgan fingerprint density at radius 3 is 2.54 bits per heavy atom. The summed E-state index contributed by atoms with van der Waals surface area (Å²) in [6.07, 6.45) is 1.80. The molecule has 0 spiro atoms. The smallest absolute Gasteiger partial charge is 0.191 e. The van der Waals surface area contributed by atoms with Gasteiger partial charge in [-0.15, -0.1) is 24.0 Å². The maximum Gasteiger partial charge on any atom is 0.191 e. The number of pyridine rings is 1. The summed E-state index contributed by atoms with van der Waals surface area (Å²) in [4.78, 5) is 9.08. The van der Waals surface area contributed by atoms with Gasteiger partial charge in [0.25, 0.3) is 0 Å². The highest BCUT2D eigenvalue weighted by atomic mass is 127. The summed E-state index contributed by atoms with van der Waals surface area (Å²) in [5.41, 5.74) is 5.29. The molecule has 0 aliphatic heterocycles. The van der Waals surface area contributed by atoms with E-state index in [-0.39, 0.29) is 24.0 Å². The Kier molecular flexibility index (Phi) is 8.43. The molecule has 3 aromatic rings. The number of aliphatic imine (C=N–C) groups is 1. The van der Waals surface area contributed by atoms with Crippen LogP contribution >= 0.6 is 24.0 Å². The van der Waals surface area contributed by atoms with Crippen LogP contribution in [0.3, 0.4) is 0 Å². The molecule has 0 bridgehead atoms. The third kappa shape index (κ3) is 5.79. The molecule has 0 unspecified atom stereocenters. The van der Waals surface area contributed by atoms with Gasteiger partial charge in [0.1, 0.15) is 0 Å². The van der Waals surface area contributed by atoms with Gasteiger partial charge < -0.3 is 10.6 Å². The van der Waals surface area contributed by atoms with Crippen LogP contribution in [0.5, 0.6) is 0 Å². The van der Waals surface area contributed by atoms with Crippen molar-refractivity contribution in [1.82, 2.24) is 25.4 Å². The number of nitrogens with one attached hydrogen (secondary N) is 2. The maximum absolute atomic E-state index is 4.75. The minimum Gasteiger partial charge on any atom is -0.357 e. The van der Waals surface area contributed by atoms with Gasteiger partial charge in [0.15, 0.2) is 5.96 Å². The minimum atomic E-state index is 0. The van der Waals surface area contributed by atoms with Gasteiger partial charge in [0.05, 0.1) is 30.2 Å². The van der Waals surface area contributed by atoms with Crippen molar-refractivity contribution in [3.63, 3.8) is 0 Å². The Balaban J connectivity index is 0.00000280. The van der Waals surface area contributed by atoms with Crippen molar-refractivity contribution in [3.8, 4) is 5.69 Å². The first-order valence-corrected chi connectivity index (χ1v) is 9.21. The molecule has 0 saturated carbocycles. The SMILES string of the molecule is CCNC(=NCc1ccccc1-n1nc(C)cc1C)NCc1ccccn1.I. The van der Waals surface area contributed by atoms with Gasteiger partial charge in [-0.05, 0) is 50.6 Å². The molecule has 1 aromatic carbocycles. The summed E-state index contributed by atoms with van der Waals surface area (Å²) in [6.45, 7) is 8.13. The fourth-order valence-electron chi connectivity index (χ4n) is 2.91. The molecule has 0 radical (unpaired) electrons. The van der Waals surface area contributed by atoms with Gasteiger partial charge >= 0.3 is 0 Å². The van der Waals surface area contributed by atoms with E-state index in [2.05, 4.69) is 52.8 Å². The predicted octanol–water partition coefficient (Wildman–Crippen LogP) is 3.76. The lowest BCUT2D eigenvalue weighted by molar-refractivity contribution is 0.791. The van der Waals surface area contributed by atoms with Crippen molar-refractivity contribution in [2.75, 3.05) is 6.54 Å². The van der Waals surface area contributed by atoms with E-state index in [0.717, 1.165) is 40.8 Å². The van der Waals surface area contributed by atoms with E-state index < -0.39 is 0 Å². The fourth-order valence-corrected chi connectivity index (χ4v) is 2.91. The highest BCUT2D eigenvalue weighted by molar-refractivity contribution is 14.0. The van der Waals surface area contributed by atoms with Crippen LogP contribution in [-0.4, -0.2) is 27.3 Å². The zero-order valence-corrected chi connectivity index (χ0v) is 18.8. The topological polar surface area (TPSA) is 67.1 Å². The molecule has 0 amide bonds. The zero-order chi connectivity index (χ0) is 19.1. The molecule has 0 saturated heterocycles. The zero-order valence-electron chi connectivity index (χ0n) is 16.5. The molecule has 0 aliphatic carbocycles. The van der Waals surface area contributed by atoms with Crippen molar-refractivity contribution >= 4 is 29.9 Å². The molecular weight excluding hydrogens is 463 g/mol. The number of aryl methyl sites for hydroxylation is 2. The lowest BCUT2D eigenvalue weighted by atomic mass is 10.2. The molecule has 7 heteroatoms. The molecule has 2 heterocycles. The van der Waals surface area contributed by atoms with Crippen LogP contribution in [-0.2, 0) is 13.1 Å². The number of para-hydroxylation sites is 1. The van der Waals surface area contributed by atoms with Gasteiger partial charge in [-0.3, -0.25) is 4.98 Å². The Bertz CT molecular complexity index is 904. The van der Waals surface area contributed by atoms with Crippen molar-refractivity contribution in [3.05, 3.63) is 77.4 Å². The van der Waals surface area contributed by atoms with Gasteiger partial charge in [0, 0.05) is 18.4 Å². The lowest BCUT2D eigenvalue weighted by Crippen LogP contribution is -2.37. The van der Waals surface area contributed by atoms with Gasteiger partial charge in [-0.25, -0.2) is 9.67 Å². The fraction of sp³-hybridized carbons (Fsp3) is 0.286. The molecule has 0 aliphatic rings. The first-order chi connectivity index (χ1) is 13.2. The normalized spacial score (nSPS) is 11.0. The Labute approximate surface area is 183 Å². The van der Waals surface area contributed by atoms with Crippen molar-refractivity contribution in [1.29, 1.82) is 0 Å². The van der Waals surface area contributed by atoms with E-state index >= 15 is 0 Å². The Hall–Kier alpha value is -2.42. The summed E-state index contributed by atoms with van der Waals surface area (Å²) in [6, 6.07) is 16.2. The third-order valence-electron chi connectivity index (χ3n) is 4.14. The maximum atomic E-state index is 4.75. The number of halogens is 1. The Morgan fingerprint density at radius 1 is 1.07 bits per heavy atom. The molecule has 0 atom stereocenters. The second kappa shape index (κ2) is 10.8. The first kappa shape index (κ1) is 21.9. The molecule has 2 aromatic heterocycles. The van der Waals surface area contributed by atoms with E-state index in [4.69, 9.17) is 4.99 Å². The summed E-state index contributed by atoms with van der Waals surface area (Å²) in [5, 5.41) is 11.2. The van der Waals surface area contributed by atoms with E-state index in [9.17, 15) is 0 Å². The van der Waals surface area contributed by atoms with Crippen LogP contribution in [0, 0.1) is 13.8 Å². The lowest BCUT2D eigenvalue weighted by Gasteiger charge is -2.13. The first-order valence-electron chi connectivity index (χ1n) is 9.21. The van der Waals surface area contributed by atoms with Crippen LogP contribution in [0.1, 0.15) is 29.6 Å². The van der Waals surface area contributed by atoms with Crippen LogP contribution in [0.15, 0.2) is 59.7 Å². The molecule has 3 rings (SSSR count). The number of nitrogens with zero attached hydrogens (tertiary/aromatic N) is 4. The minimum absolute atomic E-state index is 0. The second-order valence-electron chi connectivity index (χ2n) is 6.34. The van der Waals surface area contributed by atoms with E-state index in [1.165, 1.54) is 0 Å². The van der Waals surface area contributed by atoms with Crippen LogP contribution in [0.2, 0.25) is 0 Å². The summed E-state index contributed by atoms with van der Waals surface area (Å²) in [7, 11) is 0. The van der Waals surface area contributed by atoms with E-state index in [0.29, 0.717) is 13.1 Å². The molecule has 148 valence electrons. The highest BCUT2D eigenvalue weighted by Crippen LogP contribution is 2.17. The number of aromatic nitrogens is 3. The highest BCUT2D eigenvalue weighted by Gasteiger charge is 2.08. The molecule has 2 N–H and O–H groups in total. The summed E-state index contributed by atoms with van der Waals surface area (Å²) < 4.78 is 1.98. The predicted molar refractivity (Wildman–Crippen MR) is 124 cm³/mol. The number of benzene rings is 1. The third-order valence-corrected chi connectivity index (χ3v) is 4.14. The number of hydrogen-bond acceptors (Lipinski definition) is 3. The van der Waals surface area contributed by atoms with Gasteiger partial charge in [0.2, 0.25) is 0 Å². The largest absolute Gasteiger partial charge is 0.357 e. The van der Waals surface area contributed by atoms with Crippen molar-refractivity contribution < 1.29 is 0 Å². The quantitative estimate of drug-likeness (QED) is 0.314. The van der Waals surface area contributed by atoms with Crippen LogP contribution < -0.4 is 10.6 Å². The number of rotatable bonds is 6. The monoisotopic (exact) mass is 490 g/mol. The van der Waals surface area contributed by atoms with Crippen molar-refractivity contribution in [2.24, 2.45) is 4.99 Å². The molecule has 6 nitrogen and oxygen atoms in total. The standard InChI is InChI=1S/C21H26N6.HI/c1-4-22-21(25-15-19-10-7-8-12-23-19)24-14-18-9-5-6-11-20(18)27-17(3)13-16(2)26-27;/h5-13H,4,14-15H2,1-3H3,(H2,22,24,25);1H. The Morgan fingerprint density at radius 2 is 1.86 bits per heavy atom. The van der Waals surface area contributed by atoms with Crippen LogP contribution in [0.4, 0.5) is 0 Å². The second-order valence-corrected chi connectivity index (χ2v) is 6.34. The molecule has 0 fully saturated rings. The molecule has 28 heavy (non-hydrogen) atoms. The average molecular weight is 490 g/mol. The number of hydrogen-bond donors (Lipinski definition) is 2. The summed E-state index contributed by atoms with van der Waals surface area (Å²) >= 11 is 0. The number of guanidine groups is 1. The average Bonchev–Trinajstić information content (AvgIpc) is 3.03. The van der Waals surface area contributed by atoms with Gasteiger partial charge in [-0.1, -0.05) is 24.3 Å². The van der Waals surface area contributed by atoms with E-state index in [1.807, 2.05) is 41.9 Å². The van der Waals surface area contributed by atoms with Crippen molar-refractivity contribution in [2.45, 2.75) is 33.9 Å². The van der Waals surface area contributed by atoms with Crippen LogP contribution in [0.25, 0.3) is 5.69 Å². The van der Waals surface area contributed by atoms with E-state index in [1.54, 1.807) is 6.20 Å².